The Morgan fingerprint density at radius 2 is 2.07 bits per heavy atom. The van der Waals surface area contributed by atoms with Gasteiger partial charge in [0, 0.05) is 29.1 Å². The van der Waals surface area contributed by atoms with Crippen LogP contribution in [0.15, 0.2) is 41.8 Å². The zero-order chi connectivity index (χ0) is 20.9. The van der Waals surface area contributed by atoms with E-state index in [0.29, 0.717) is 17.2 Å². The Hall–Kier alpha value is -3.21. The fraction of sp³-hybridized carbons (Fsp3) is 0.263. The number of carbonyl (C=O) groups excluding carboxylic acids is 1. The molecule has 0 fully saturated rings. The maximum atomic E-state index is 13.7. The summed E-state index contributed by atoms with van der Waals surface area (Å²) < 4.78 is 52.5. The van der Waals surface area contributed by atoms with Crippen molar-refractivity contribution in [3.05, 3.63) is 52.3 Å². The van der Waals surface area contributed by atoms with Gasteiger partial charge in [0.15, 0.2) is 23.2 Å². The molecule has 30 heavy (non-hydrogen) atoms. The number of thiophene rings is 1. The molecule has 11 heteroatoms. The molecule has 5 rings (SSSR count). The number of aromatic nitrogens is 2. The third-order valence-electron chi connectivity index (χ3n) is 4.94. The van der Waals surface area contributed by atoms with Crippen molar-refractivity contribution < 1.29 is 27.4 Å². The monoisotopic (exact) mass is 436 g/mol. The Balaban J connectivity index is 1.42. The lowest BCUT2D eigenvalue weighted by molar-refractivity contribution is -0.173. The van der Waals surface area contributed by atoms with Crippen LogP contribution in [0, 0.1) is 0 Å². The molecule has 0 unspecified atom stereocenters. The molecule has 0 bridgehead atoms. The molecule has 0 radical (unpaired) electrons. The Morgan fingerprint density at radius 3 is 2.83 bits per heavy atom. The van der Waals surface area contributed by atoms with Crippen LogP contribution < -0.4 is 20.1 Å². The van der Waals surface area contributed by atoms with Crippen molar-refractivity contribution in [2.45, 2.75) is 24.7 Å². The lowest BCUT2D eigenvalue weighted by Crippen LogP contribution is -2.35. The van der Waals surface area contributed by atoms with E-state index >= 15 is 0 Å². The summed E-state index contributed by atoms with van der Waals surface area (Å²) in [6.45, 7) is 0.0937. The van der Waals surface area contributed by atoms with Gasteiger partial charge in [-0.15, -0.1) is 11.3 Å². The Kier molecular flexibility index (Phi) is 4.35. The lowest BCUT2D eigenvalue weighted by Gasteiger charge is -2.32. The molecule has 0 aliphatic carbocycles. The average Bonchev–Trinajstić information content (AvgIpc) is 3.44. The van der Waals surface area contributed by atoms with Gasteiger partial charge in [-0.1, -0.05) is 6.07 Å². The van der Waals surface area contributed by atoms with Crippen LogP contribution in [0.2, 0.25) is 0 Å². The van der Waals surface area contributed by atoms with Crippen LogP contribution in [-0.4, -0.2) is 28.7 Å². The summed E-state index contributed by atoms with van der Waals surface area (Å²) in [4.78, 5) is 13.4. The first kappa shape index (κ1) is 18.8. The molecule has 4 heterocycles. The molecule has 3 aromatic rings. The molecule has 156 valence electrons. The highest BCUT2D eigenvalue weighted by Gasteiger charge is 2.47. The van der Waals surface area contributed by atoms with Gasteiger partial charge in [-0.2, -0.15) is 18.3 Å². The van der Waals surface area contributed by atoms with Crippen LogP contribution in [0.4, 0.5) is 24.7 Å². The number of halogens is 3. The Labute approximate surface area is 172 Å². The third-order valence-corrected chi connectivity index (χ3v) is 5.93. The number of benzene rings is 1. The fourth-order valence-electron chi connectivity index (χ4n) is 3.53. The number of anilines is 2. The molecule has 0 saturated carbocycles. The van der Waals surface area contributed by atoms with Gasteiger partial charge in [-0.3, -0.25) is 4.79 Å². The minimum absolute atomic E-state index is 0.0937. The molecule has 1 aromatic carbocycles. The van der Waals surface area contributed by atoms with Gasteiger partial charge in [0.2, 0.25) is 6.79 Å². The van der Waals surface area contributed by atoms with E-state index in [2.05, 4.69) is 15.7 Å². The largest absolute Gasteiger partial charge is 0.454 e. The second-order valence-electron chi connectivity index (χ2n) is 6.89. The van der Waals surface area contributed by atoms with Crippen LogP contribution in [0.25, 0.3) is 0 Å². The van der Waals surface area contributed by atoms with Crippen LogP contribution in [0.1, 0.15) is 33.9 Å². The van der Waals surface area contributed by atoms with Crippen LogP contribution in [0.3, 0.4) is 0 Å². The van der Waals surface area contributed by atoms with Gasteiger partial charge in [0.05, 0.1) is 6.04 Å². The highest BCUT2D eigenvalue weighted by molar-refractivity contribution is 7.10. The van der Waals surface area contributed by atoms with E-state index in [-0.39, 0.29) is 24.7 Å². The van der Waals surface area contributed by atoms with E-state index in [1.807, 2.05) is 5.38 Å². The predicted octanol–water partition coefficient (Wildman–Crippen LogP) is 4.59. The zero-order valence-electron chi connectivity index (χ0n) is 15.3. The standard InChI is InChI=1S/C19H15F3N4O3S/c20-19(21,22)16-7-11(15-2-1-5-30-15)24-17-8-12(25-26(16)17)18(27)23-10-3-4-13-14(6-10)29-9-28-13/h1-6,8,11,16,24H,7,9H2,(H,23,27)/t11-,16+/m1/s1. The normalized spacial score (nSPS) is 19.8. The molecule has 1 amide bonds. The number of amides is 1. The lowest BCUT2D eigenvalue weighted by atomic mass is 10.0. The van der Waals surface area contributed by atoms with Crippen LogP contribution in [-0.2, 0) is 0 Å². The van der Waals surface area contributed by atoms with Crippen molar-refractivity contribution in [3.8, 4) is 11.5 Å². The summed E-state index contributed by atoms with van der Waals surface area (Å²) in [5, 5.41) is 11.5. The van der Waals surface area contributed by atoms with Gasteiger partial charge < -0.3 is 20.1 Å². The number of nitrogens with zero attached hydrogens (tertiary/aromatic N) is 2. The highest BCUT2D eigenvalue weighted by Crippen LogP contribution is 2.44. The Morgan fingerprint density at radius 1 is 1.23 bits per heavy atom. The molecule has 2 aliphatic heterocycles. The molecule has 0 spiro atoms. The molecule has 2 atom stereocenters. The third kappa shape index (κ3) is 3.34. The smallest absolute Gasteiger partial charge is 0.410 e. The summed E-state index contributed by atoms with van der Waals surface area (Å²) in [5.74, 6) is 0.570. The molecular weight excluding hydrogens is 421 g/mol. The molecular formula is C19H15F3N4O3S. The van der Waals surface area contributed by atoms with E-state index in [1.165, 1.54) is 17.4 Å². The zero-order valence-corrected chi connectivity index (χ0v) is 16.1. The Bertz CT molecular complexity index is 1100. The van der Waals surface area contributed by atoms with Crippen molar-refractivity contribution in [2.75, 3.05) is 17.4 Å². The van der Waals surface area contributed by atoms with Gasteiger partial charge >= 0.3 is 6.18 Å². The molecule has 2 aliphatic rings. The average molecular weight is 436 g/mol. The van der Waals surface area contributed by atoms with E-state index in [1.54, 1.807) is 30.3 Å². The molecule has 0 saturated heterocycles. The van der Waals surface area contributed by atoms with E-state index < -0.39 is 24.2 Å². The second kappa shape index (κ2) is 6.94. The van der Waals surface area contributed by atoms with E-state index in [9.17, 15) is 18.0 Å². The van der Waals surface area contributed by atoms with Gasteiger partial charge in [0.1, 0.15) is 5.82 Å². The molecule has 2 N–H and O–H groups in total. The molecule has 7 nitrogen and oxygen atoms in total. The van der Waals surface area contributed by atoms with Crippen molar-refractivity contribution in [1.29, 1.82) is 0 Å². The summed E-state index contributed by atoms with van der Waals surface area (Å²) in [6, 6.07) is 7.42. The minimum Gasteiger partial charge on any atom is -0.454 e. The number of ether oxygens (including phenoxy) is 2. The number of nitrogens with one attached hydrogen (secondary N) is 2. The van der Waals surface area contributed by atoms with Crippen LogP contribution in [0.5, 0.6) is 11.5 Å². The number of hydrogen-bond acceptors (Lipinski definition) is 6. The van der Waals surface area contributed by atoms with Crippen LogP contribution >= 0.6 is 11.3 Å². The number of alkyl halides is 3. The SMILES string of the molecule is O=C(Nc1ccc2c(c1)OCO2)c1cc2n(n1)[C@H](C(F)(F)F)C[C@H](c1cccs1)N2. The summed E-state index contributed by atoms with van der Waals surface area (Å²) in [5.41, 5.74) is 0.309. The number of rotatable bonds is 3. The van der Waals surface area contributed by atoms with Gasteiger partial charge in [-0.25, -0.2) is 4.68 Å². The quantitative estimate of drug-likeness (QED) is 0.628. The van der Waals surface area contributed by atoms with Crippen molar-refractivity contribution in [3.63, 3.8) is 0 Å². The first-order valence-corrected chi connectivity index (χ1v) is 9.93. The van der Waals surface area contributed by atoms with Gasteiger partial charge in [-0.05, 0) is 23.6 Å². The van der Waals surface area contributed by atoms with Crippen molar-refractivity contribution in [2.24, 2.45) is 0 Å². The summed E-state index contributed by atoms with van der Waals surface area (Å²) in [6.07, 6.45) is -4.70. The number of fused-ring (bicyclic) bond motifs is 2. The molecule has 2 aromatic heterocycles. The summed E-state index contributed by atoms with van der Waals surface area (Å²) in [7, 11) is 0. The first-order valence-electron chi connectivity index (χ1n) is 9.06. The number of hydrogen-bond donors (Lipinski definition) is 2. The van der Waals surface area contributed by atoms with E-state index in [4.69, 9.17) is 9.47 Å². The predicted molar refractivity (Wildman–Crippen MR) is 103 cm³/mol. The fourth-order valence-corrected chi connectivity index (χ4v) is 4.32. The van der Waals surface area contributed by atoms with Gasteiger partial charge in [0.25, 0.3) is 5.91 Å². The first-order chi connectivity index (χ1) is 14.4. The maximum absolute atomic E-state index is 13.7. The highest BCUT2D eigenvalue weighted by atomic mass is 32.1. The van der Waals surface area contributed by atoms with E-state index in [0.717, 1.165) is 9.56 Å². The topological polar surface area (TPSA) is 77.4 Å². The van der Waals surface area contributed by atoms with Crippen molar-refractivity contribution in [1.82, 2.24) is 9.78 Å². The maximum Gasteiger partial charge on any atom is 0.410 e. The summed E-state index contributed by atoms with van der Waals surface area (Å²) >= 11 is 1.38. The number of carbonyl (C=O) groups is 1. The second-order valence-corrected chi connectivity index (χ2v) is 7.87. The minimum atomic E-state index is -4.50. The van der Waals surface area contributed by atoms with Crippen molar-refractivity contribution >= 4 is 28.7 Å².